The molecular weight excluding hydrogens is 403 g/mol. The fourth-order valence-electron chi connectivity index (χ4n) is 3.02. The number of hydrogen-bond acceptors (Lipinski definition) is 5. The molecule has 162 valence electrons. The average molecular weight is 426 g/mol. The summed E-state index contributed by atoms with van der Waals surface area (Å²) in [5.41, 5.74) is 0.955. The Morgan fingerprint density at radius 2 is 1.74 bits per heavy atom. The predicted molar refractivity (Wildman–Crippen MR) is 111 cm³/mol. The van der Waals surface area contributed by atoms with Gasteiger partial charge in [-0.15, -0.1) is 0 Å². The number of nitrogens with one attached hydrogen (secondary N) is 2. The Bertz CT molecular complexity index is 1040. The first-order valence-electron chi connectivity index (χ1n) is 9.44. The largest absolute Gasteiger partial charge is 0.497 e. The van der Waals surface area contributed by atoms with Gasteiger partial charge in [0.2, 0.25) is 5.91 Å². The van der Waals surface area contributed by atoms with Crippen molar-refractivity contribution in [1.82, 2.24) is 20.2 Å². The number of carbonyl (C=O) groups is 2. The molecule has 2 aromatic carbocycles. The minimum absolute atomic E-state index is 0.257. The zero-order valence-corrected chi connectivity index (χ0v) is 17.4. The van der Waals surface area contributed by atoms with Gasteiger partial charge >= 0.3 is 0 Å². The second-order valence-corrected chi connectivity index (χ2v) is 6.73. The summed E-state index contributed by atoms with van der Waals surface area (Å²) in [6.45, 7) is -0.266. The summed E-state index contributed by atoms with van der Waals surface area (Å²) in [5.74, 6) is 0.367. The van der Waals surface area contributed by atoms with E-state index in [-0.39, 0.29) is 12.1 Å². The summed E-state index contributed by atoms with van der Waals surface area (Å²) in [6.07, 6.45) is 3.39. The quantitative estimate of drug-likeness (QED) is 0.576. The van der Waals surface area contributed by atoms with Crippen LogP contribution in [-0.2, 0) is 11.8 Å². The summed E-state index contributed by atoms with van der Waals surface area (Å²) in [4.78, 5) is 29.2. The molecule has 2 N–H and O–H groups in total. The molecule has 0 spiro atoms. The standard InChI is InChI=1S/C22H23FN4O4/c1-27-9-8-24-21(27)20(15-10-17(30-2)12-18(11-15)31-3)26-19(28)13-25-22(29)14-4-6-16(23)7-5-14/h4-12,20H,13H2,1-3H3,(H,25,29)(H,26,28). The summed E-state index contributed by atoms with van der Waals surface area (Å²) >= 11 is 0. The molecule has 3 aromatic rings. The van der Waals surface area contributed by atoms with Crippen molar-refractivity contribution in [2.75, 3.05) is 20.8 Å². The normalized spacial score (nSPS) is 11.5. The van der Waals surface area contributed by atoms with E-state index in [1.807, 2.05) is 7.05 Å². The molecule has 1 unspecified atom stereocenters. The van der Waals surface area contributed by atoms with E-state index in [2.05, 4.69) is 15.6 Å². The Morgan fingerprint density at radius 1 is 1.10 bits per heavy atom. The lowest BCUT2D eigenvalue weighted by atomic mass is 10.0. The van der Waals surface area contributed by atoms with Gasteiger partial charge in [0.1, 0.15) is 29.2 Å². The molecule has 0 aliphatic carbocycles. The highest BCUT2D eigenvalue weighted by molar-refractivity contribution is 5.96. The maximum atomic E-state index is 13.0. The van der Waals surface area contributed by atoms with Crippen molar-refractivity contribution in [2.24, 2.45) is 7.05 Å². The van der Waals surface area contributed by atoms with Crippen molar-refractivity contribution in [1.29, 1.82) is 0 Å². The summed E-state index contributed by atoms with van der Waals surface area (Å²) in [7, 11) is 4.89. The molecule has 31 heavy (non-hydrogen) atoms. The number of rotatable bonds is 8. The average Bonchev–Trinajstić information content (AvgIpc) is 3.21. The predicted octanol–water partition coefficient (Wildman–Crippen LogP) is 2.21. The number of ether oxygens (including phenoxy) is 2. The van der Waals surface area contributed by atoms with Crippen molar-refractivity contribution < 1.29 is 23.5 Å². The van der Waals surface area contributed by atoms with E-state index >= 15 is 0 Å². The first kappa shape index (κ1) is 21.8. The molecular formula is C22H23FN4O4. The van der Waals surface area contributed by atoms with Crippen LogP contribution in [0.5, 0.6) is 11.5 Å². The van der Waals surface area contributed by atoms with Gasteiger partial charge in [0.25, 0.3) is 5.91 Å². The van der Waals surface area contributed by atoms with Gasteiger partial charge in [0.05, 0.1) is 20.8 Å². The Morgan fingerprint density at radius 3 is 2.29 bits per heavy atom. The van der Waals surface area contributed by atoms with E-state index in [9.17, 15) is 14.0 Å². The molecule has 0 aliphatic rings. The van der Waals surface area contributed by atoms with E-state index < -0.39 is 23.7 Å². The number of aromatic nitrogens is 2. The van der Waals surface area contributed by atoms with E-state index in [0.29, 0.717) is 22.9 Å². The molecule has 3 rings (SSSR count). The smallest absolute Gasteiger partial charge is 0.251 e. The number of hydrogen-bond donors (Lipinski definition) is 2. The second kappa shape index (κ2) is 9.75. The molecule has 9 heteroatoms. The van der Waals surface area contributed by atoms with E-state index in [4.69, 9.17) is 9.47 Å². The Hall–Kier alpha value is -3.88. The second-order valence-electron chi connectivity index (χ2n) is 6.73. The zero-order chi connectivity index (χ0) is 22.4. The topological polar surface area (TPSA) is 94.5 Å². The molecule has 0 bridgehead atoms. The van der Waals surface area contributed by atoms with Gasteiger partial charge in [0, 0.05) is 31.1 Å². The van der Waals surface area contributed by atoms with Gasteiger partial charge in [0.15, 0.2) is 0 Å². The molecule has 1 aromatic heterocycles. The lowest BCUT2D eigenvalue weighted by Crippen LogP contribution is -2.39. The van der Waals surface area contributed by atoms with Crippen molar-refractivity contribution in [3.8, 4) is 11.5 Å². The monoisotopic (exact) mass is 426 g/mol. The Labute approximate surface area is 179 Å². The van der Waals surface area contributed by atoms with Crippen LogP contribution in [0.1, 0.15) is 27.8 Å². The highest BCUT2D eigenvalue weighted by Gasteiger charge is 2.22. The molecule has 8 nitrogen and oxygen atoms in total. The molecule has 1 atom stereocenters. The summed E-state index contributed by atoms with van der Waals surface area (Å²) in [5, 5.41) is 5.42. The van der Waals surface area contributed by atoms with Gasteiger partial charge in [-0.25, -0.2) is 9.37 Å². The fraction of sp³-hybridized carbons (Fsp3) is 0.227. The van der Waals surface area contributed by atoms with Crippen LogP contribution in [0.4, 0.5) is 4.39 Å². The summed E-state index contributed by atoms with van der Waals surface area (Å²) < 4.78 is 25.5. The van der Waals surface area contributed by atoms with Gasteiger partial charge < -0.3 is 24.7 Å². The van der Waals surface area contributed by atoms with Gasteiger partial charge in [-0.1, -0.05) is 0 Å². The Balaban J connectivity index is 1.78. The maximum Gasteiger partial charge on any atom is 0.251 e. The molecule has 0 aliphatic heterocycles. The number of nitrogens with zero attached hydrogens (tertiary/aromatic N) is 2. The maximum absolute atomic E-state index is 13.0. The van der Waals surface area contributed by atoms with Gasteiger partial charge in [-0.3, -0.25) is 9.59 Å². The molecule has 0 fully saturated rings. The van der Waals surface area contributed by atoms with Crippen LogP contribution in [0, 0.1) is 5.82 Å². The van der Waals surface area contributed by atoms with Gasteiger partial charge in [-0.05, 0) is 42.0 Å². The van der Waals surface area contributed by atoms with Crippen LogP contribution in [0.25, 0.3) is 0 Å². The highest BCUT2D eigenvalue weighted by atomic mass is 19.1. The Kier molecular flexibility index (Phi) is 6.86. The van der Waals surface area contributed by atoms with Crippen LogP contribution in [0.2, 0.25) is 0 Å². The third-order valence-corrected chi connectivity index (χ3v) is 4.64. The van der Waals surface area contributed by atoms with Gasteiger partial charge in [-0.2, -0.15) is 0 Å². The van der Waals surface area contributed by atoms with Crippen LogP contribution in [0.3, 0.4) is 0 Å². The number of halogens is 1. The van der Waals surface area contributed by atoms with Crippen molar-refractivity contribution in [3.05, 3.63) is 77.6 Å². The summed E-state index contributed by atoms with van der Waals surface area (Å²) in [6, 6.07) is 9.73. The molecule has 0 radical (unpaired) electrons. The van der Waals surface area contributed by atoms with Crippen LogP contribution in [0.15, 0.2) is 54.9 Å². The lowest BCUT2D eigenvalue weighted by molar-refractivity contribution is -0.120. The third-order valence-electron chi connectivity index (χ3n) is 4.64. The highest BCUT2D eigenvalue weighted by Crippen LogP contribution is 2.29. The number of amides is 2. The third kappa shape index (κ3) is 5.39. The SMILES string of the molecule is COc1cc(OC)cc(C(NC(=O)CNC(=O)c2ccc(F)cc2)c2nccn2C)c1. The molecule has 1 heterocycles. The van der Waals surface area contributed by atoms with Crippen LogP contribution < -0.4 is 20.1 Å². The first-order chi connectivity index (χ1) is 14.9. The number of benzene rings is 2. The van der Waals surface area contributed by atoms with E-state index in [1.165, 1.54) is 38.5 Å². The molecule has 2 amide bonds. The number of carbonyl (C=O) groups excluding carboxylic acids is 2. The van der Waals surface area contributed by atoms with E-state index in [1.54, 1.807) is 35.2 Å². The van der Waals surface area contributed by atoms with Crippen LogP contribution >= 0.6 is 0 Å². The molecule has 0 saturated carbocycles. The first-order valence-corrected chi connectivity index (χ1v) is 9.44. The fourth-order valence-corrected chi connectivity index (χ4v) is 3.02. The van der Waals surface area contributed by atoms with E-state index in [0.717, 1.165) is 0 Å². The van der Waals surface area contributed by atoms with Crippen molar-refractivity contribution >= 4 is 11.8 Å². The number of aryl methyl sites for hydroxylation is 1. The minimum Gasteiger partial charge on any atom is -0.497 e. The van der Waals surface area contributed by atoms with Crippen molar-refractivity contribution in [3.63, 3.8) is 0 Å². The lowest BCUT2D eigenvalue weighted by Gasteiger charge is -2.20. The van der Waals surface area contributed by atoms with Crippen molar-refractivity contribution in [2.45, 2.75) is 6.04 Å². The van der Waals surface area contributed by atoms with Crippen LogP contribution in [-0.4, -0.2) is 42.1 Å². The zero-order valence-electron chi connectivity index (χ0n) is 17.4. The number of imidazole rings is 1. The minimum atomic E-state index is -0.612. The number of methoxy groups -OCH3 is 2. The molecule has 0 saturated heterocycles.